The Balaban J connectivity index is 0.00000405. The summed E-state index contributed by atoms with van der Waals surface area (Å²) in [4.78, 5) is 32.7. The number of hydrogen-bond donors (Lipinski definition) is 1. The van der Waals surface area contributed by atoms with E-state index in [1.807, 2.05) is 52.0 Å². The molecule has 0 saturated heterocycles. The zero-order valence-corrected chi connectivity index (χ0v) is 23.4. The molecule has 42 heavy (non-hydrogen) atoms. The monoisotopic (exact) mass is 594 g/mol. The number of ether oxygens (including phenoxy) is 1. The number of halogens is 1. The molecule has 8 nitrogen and oxygen atoms in total. The maximum absolute atomic E-state index is 15.6. The predicted molar refractivity (Wildman–Crippen MR) is 163 cm³/mol. The summed E-state index contributed by atoms with van der Waals surface area (Å²) in [6.45, 7) is 7.95. The van der Waals surface area contributed by atoms with Crippen LogP contribution in [-0.2, 0) is 13.0 Å². The summed E-state index contributed by atoms with van der Waals surface area (Å²) in [6, 6.07) is 19.3. The van der Waals surface area contributed by atoms with Gasteiger partial charge in [0.25, 0.3) is 5.56 Å². The number of aromatic amines is 1. The van der Waals surface area contributed by atoms with Crippen LogP contribution in [0, 0.1) is 12.7 Å². The van der Waals surface area contributed by atoms with Gasteiger partial charge in [0.1, 0.15) is 17.4 Å². The van der Waals surface area contributed by atoms with Gasteiger partial charge in [-0.2, -0.15) is 0 Å². The first kappa shape index (κ1) is 31.8. The van der Waals surface area contributed by atoms with Crippen LogP contribution in [-0.4, -0.2) is 77.2 Å². The Morgan fingerprint density at radius 1 is 1.00 bits per heavy atom. The van der Waals surface area contributed by atoms with Gasteiger partial charge in [0.2, 0.25) is 0 Å². The topological polar surface area (TPSA) is 103 Å². The third-order valence-corrected chi connectivity index (χ3v) is 6.70. The summed E-state index contributed by atoms with van der Waals surface area (Å²) >= 11 is 0. The number of H-pyrrole nitrogens is 1. The number of hydrogen-bond acceptors (Lipinski definition) is 6. The molecule has 3 aromatic carbocycles. The van der Waals surface area contributed by atoms with Crippen LogP contribution in [0.5, 0.6) is 5.75 Å². The minimum atomic E-state index is -0.690. The summed E-state index contributed by atoms with van der Waals surface area (Å²) in [5.74, 6) is 0.441. The van der Waals surface area contributed by atoms with Crippen LogP contribution < -0.4 is 16.1 Å². The van der Waals surface area contributed by atoms with Gasteiger partial charge in [-0.1, -0.05) is 60.6 Å². The van der Waals surface area contributed by atoms with Crippen molar-refractivity contribution < 1.29 is 13.7 Å². The predicted octanol–water partition coefficient (Wildman–Crippen LogP) is 5.51. The van der Waals surface area contributed by atoms with E-state index in [9.17, 15) is 9.59 Å². The molecule has 0 saturated carbocycles. The van der Waals surface area contributed by atoms with Gasteiger partial charge in [-0.3, -0.25) is 18.9 Å². The Hall–Kier alpha value is -3.15. The van der Waals surface area contributed by atoms with E-state index in [0.717, 1.165) is 17.7 Å². The van der Waals surface area contributed by atoms with E-state index in [4.69, 9.17) is 9.72 Å². The molecule has 2 heterocycles. The molecule has 0 aliphatic rings. The van der Waals surface area contributed by atoms with E-state index in [1.165, 1.54) is 6.07 Å². The molecule has 0 atom stereocenters. The molecule has 5 aromatic rings. The summed E-state index contributed by atoms with van der Waals surface area (Å²) < 4.78 is 27.6. The van der Waals surface area contributed by atoms with Gasteiger partial charge >= 0.3 is 57.1 Å². The number of nitrogens with zero attached hydrogens (tertiary/aromatic N) is 3. The van der Waals surface area contributed by atoms with Crippen LogP contribution in [0.4, 0.5) is 4.39 Å². The van der Waals surface area contributed by atoms with Crippen molar-refractivity contribution in [3.63, 3.8) is 0 Å². The maximum atomic E-state index is 15.6. The minimum absolute atomic E-state index is 0. The van der Waals surface area contributed by atoms with Gasteiger partial charge in [0.15, 0.2) is 5.82 Å². The third kappa shape index (κ3) is 6.90. The second-order valence-corrected chi connectivity index (χ2v) is 10.1. The molecule has 5 rings (SSSR count). The fraction of sp³-hybridized carbons (Fsp3) is 0.250. The molecule has 2 aromatic heterocycles. The van der Waals surface area contributed by atoms with Gasteiger partial charge in [-0.05, 0) is 62.1 Å². The molecule has 212 valence electrons. The van der Waals surface area contributed by atoms with Crippen LogP contribution in [0.3, 0.4) is 0 Å². The van der Waals surface area contributed by atoms with E-state index in [2.05, 4.69) is 14.7 Å². The SMILES string of the molecule is CCCc1nc(C)c(-c2ccc(OC(C)C)cc2)c(=O)n1Cc1ccc(-c2ccccc2-c2noc(=O)[nH]2)c(F)c1.[KH]. The van der Waals surface area contributed by atoms with Crippen molar-refractivity contribution in [2.24, 2.45) is 0 Å². The molecule has 1 N–H and O–H groups in total. The van der Waals surface area contributed by atoms with Crippen LogP contribution in [0.15, 0.2) is 80.8 Å². The summed E-state index contributed by atoms with van der Waals surface area (Å²) in [5.41, 5.74) is 3.76. The fourth-order valence-corrected chi connectivity index (χ4v) is 4.93. The quantitative estimate of drug-likeness (QED) is 0.226. The van der Waals surface area contributed by atoms with Crippen LogP contribution in [0.25, 0.3) is 33.6 Å². The van der Waals surface area contributed by atoms with Gasteiger partial charge in [0, 0.05) is 17.5 Å². The summed E-state index contributed by atoms with van der Waals surface area (Å²) in [5, 5.41) is 3.75. The van der Waals surface area contributed by atoms with E-state index in [0.29, 0.717) is 45.8 Å². The standard InChI is InChI=1S/C32H31FN4O4.K.H/c1-5-8-28-34-20(4)29(22-12-14-23(15-13-22)40-19(2)3)31(38)37(28)18-21-11-16-25(27(33)17-21)24-9-6-7-10-26(24)30-35-32(39)41-36-30;;/h6-7,9-17,19H,5,8,18H2,1-4H3,(H,35,36,39);;. The molecule has 0 amide bonds. The molecular formula is C32H32FKN4O4. The molecule has 0 spiro atoms. The number of aryl methyl sites for hydroxylation is 2. The Morgan fingerprint density at radius 3 is 2.33 bits per heavy atom. The van der Waals surface area contributed by atoms with E-state index in [1.54, 1.807) is 41.0 Å². The Morgan fingerprint density at radius 2 is 1.71 bits per heavy atom. The Bertz CT molecular complexity index is 1810. The first-order valence-corrected chi connectivity index (χ1v) is 13.6. The third-order valence-electron chi connectivity index (χ3n) is 6.70. The van der Waals surface area contributed by atoms with Gasteiger partial charge in [0.05, 0.1) is 23.9 Å². The average Bonchev–Trinajstić information content (AvgIpc) is 3.38. The van der Waals surface area contributed by atoms with Crippen molar-refractivity contribution >= 4 is 51.4 Å². The first-order chi connectivity index (χ1) is 19.7. The zero-order valence-electron chi connectivity index (χ0n) is 23.4. The number of rotatable bonds is 9. The molecule has 0 aliphatic heterocycles. The number of nitrogens with one attached hydrogen (secondary N) is 1. The van der Waals surface area contributed by atoms with Gasteiger partial charge in [-0.25, -0.2) is 14.2 Å². The average molecular weight is 595 g/mol. The van der Waals surface area contributed by atoms with Crippen molar-refractivity contribution in [1.82, 2.24) is 19.7 Å². The van der Waals surface area contributed by atoms with Crippen molar-refractivity contribution in [2.45, 2.75) is 53.2 Å². The van der Waals surface area contributed by atoms with E-state index < -0.39 is 11.6 Å². The molecule has 0 fully saturated rings. The summed E-state index contributed by atoms with van der Waals surface area (Å²) in [7, 11) is 0. The number of aromatic nitrogens is 4. The van der Waals surface area contributed by atoms with Crippen LogP contribution >= 0.6 is 0 Å². The Labute approximate surface area is 285 Å². The van der Waals surface area contributed by atoms with Crippen LogP contribution in [0.1, 0.15) is 44.3 Å². The Kier molecular flexibility index (Phi) is 10.5. The van der Waals surface area contributed by atoms with Crippen molar-refractivity contribution in [3.8, 4) is 39.4 Å². The van der Waals surface area contributed by atoms with Crippen molar-refractivity contribution in [1.29, 1.82) is 0 Å². The van der Waals surface area contributed by atoms with Gasteiger partial charge in [-0.15, -0.1) is 0 Å². The molecule has 0 radical (unpaired) electrons. The first-order valence-electron chi connectivity index (χ1n) is 13.6. The molecule has 10 heteroatoms. The summed E-state index contributed by atoms with van der Waals surface area (Å²) in [6.07, 6.45) is 1.46. The van der Waals surface area contributed by atoms with E-state index >= 15 is 4.39 Å². The van der Waals surface area contributed by atoms with Gasteiger partial charge < -0.3 is 4.74 Å². The van der Waals surface area contributed by atoms with Crippen molar-refractivity contribution in [2.75, 3.05) is 0 Å². The second kappa shape index (κ2) is 13.9. The molecular weight excluding hydrogens is 562 g/mol. The second-order valence-electron chi connectivity index (χ2n) is 10.1. The molecule has 0 unspecified atom stereocenters. The number of benzene rings is 3. The van der Waals surface area contributed by atoms with Crippen LogP contribution in [0.2, 0.25) is 0 Å². The molecule has 0 aliphatic carbocycles. The zero-order chi connectivity index (χ0) is 29.1. The normalized spacial score (nSPS) is 11.0. The van der Waals surface area contributed by atoms with Crippen molar-refractivity contribution in [3.05, 3.63) is 111 Å². The molecule has 0 bridgehead atoms. The fourth-order valence-electron chi connectivity index (χ4n) is 4.93. The van der Waals surface area contributed by atoms with E-state index in [-0.39, 0.29) is 75.4 Å².